The highest BCUT2D eigenvalue weighted by Crippen LogP contribution is 2.26. The summed E-state index contributed by atoms with van der Waals surface area (Å²) in [5, 5.41) is 9.44. The average molecular weight is 152 g/mol. The van der Waals surface area contributed by atoms with E-state index in [2.05, 4.69) is 19.9 Å². The minimum Gasteiger partial charge on any atom is -0.512 e. The van der Waals surface area contributed by atoms with Crippen molar-refractivity contribution < 1.29 is 5.11 Å². The first kappa shape index (κ1) is 8.38. The van der Waals surface area contributed by atoms with E-state index < -0.39 is 0 Å². The smallest absolute Gasteiger partial charge is 0.0955 e. The molecule has 0 radical (unpaired) electrons. The number of aliphatic hydroxyl groups excluding tert-OH is 1. The van der Waals surface area contributed by atoms with Crippen LogP contribution in [-0.2, 0) is 0 Å². The maximum atomic E-state index is 9.44. The van der Waals surface area contributed by atoms with Gasteiger partial charge in [-0.15, -0.1) is 0 Å². The van der Waals surface area contributed by atoms with E-state index in [9.17, 15) is 5.11 Å². The van der Waals surface area contributed by atoms with E-state index in [-0.39, 0.29) is 0 Å². The van der Waals surface area contributed by atoms with Crippen molar-refractivity contribution in [2.45, 2.75) is 33.6 Å². The lowest BCUT2D eigenvalue weighted by Crippen LogP contribution is -2.02. The van der Waals surface area contributed by atoms with E-state index in [4.69, 9.17) is 0 Å². The van der Waals surface area contributed by atoms with Crippen molar-refractivity contribution >= 4 is 0 Å². The first-order chi connectivity index (χ1) is 5.11. The number of hydrogen-bond acceptors (Lipinski definition) is 1. The Kier molecular flexibility index (Phi) is 2.38. The highest BCUT2D eigenvalue weighted by Gasteiger charge is 2.11. The molecular weight excluding hydrogens is 136 g/mol. The molecule has 0 spiro atoms. The molecule has 0 atom stereocenters. The minimum atomic E-state index is 0.574. The monoisotopic (exact) mass is 152 g/mol. The van der Waals surface area contributed by atoms with Crippen molar-refractivity contribution in [3.63, 3.8) is 0 Å². The third kappa shape index (κ3) is 1.86. The topological polar surface area (TPSA) is 20.2 Å². The molecule has 1 aliphatic rings. The second-order valence-corrected chi connectivity index (χ2v) is 3.54. The molecule has 0 heterocycles. The Morgan fingerprint density at radius 3 is 2.55 bits per heavy atom. The summed E-state index contributed by atoms with van der Waals surface area (Å²) < 4.78 is 0. The molecule has 0 aromatic rings. The number of rotatable bonds is 1. The predicted molar refractivity (Wildman–Crippen MR) is 47.5 cm³/mol. The van der Waals surface area contributed by atoms with Crippen molar-refractivity contribution in [1.29, 1.82) is 0 Å². The summed E-state index contributed by atoms with van der Waals surface area (Å²) in [7, 11) is 0. The molecule has 1 aliphatic carbocycles. The summed E-state index contributed by atoms with van der Waals surface area (Å²) in [5.41, 5.74) is 2.49. The molecule has 11 heavy (non-hydrogen) atoms. The lowest BCUT2D eigenvalue weighted by molar-refractivity contribution is 0.381. The fourth-order valence-electron chi connectivity index (χ4n) is 1.26. The highest BCUT2D eigenvalue weighted by molar-refractivity contribution is 5.24. The fourth-order valence-corrected chi connectivity index (χ4v) is 1.26. The zero-order valence-corrected chi connectivity index (χ0v) is 7.52. The van der Waals surface area contributed by atoms with E-state index in [0.29, 0.717) is 11.7 Å². The van der Waals surface area contributed by atoms with E-state index in [1.807, 2.05) is 6.92 Å². The second-order valence-electron chi connectivity index (χ2n) is 3.54. The van der Waals surface area contributed by atoms with Crippen LogP contribution in [0.1, 0.15) is 33.6 Å². The van der Waals surface area contributed by atoms with Gasteiger partial charge in [-0.1, -0.05) is 25.5 Å². The largest absolute Gasteiger partial charge is 0.512 e. The third-order valence-corrected chi connectivity index (χ3v) is 2.28. The fraction of sp³-hybridized carbons (Fsp3) is 0.600. The second kappa shape index (κ2) is 3.12. The van der Waals surface area contributed by atoms with Crippen LogP contribution in [-0.4, -0.2) is 5.11 Å². The van der Waals surface area contributed by atoms with Gasteiger partial charge in [-0.05, 0) is 24.8 Å². The van der Waals surface area contributed by atoms with Crippen LogP contribution < -0.4 is 0 Å². The van der Waals surface area contributed by atoms with Crippen LogP contribution >= 0.6 is 0 Å². The zero-order valence-electron chi connectivity index (χ0n) is 7.52. The van der Waals surface area contributed by atoms with Gasteiger partial charge in [0.25, 0.3) is 0 Å². The first-order valence-electron chi connectivity index (χ1n) is 4.17. The molecule has 0 saturated heterocycles. The number of aliphatic hydroxyl groups is 1. The summed E-state index contributed by atoms with van der Waals surface area (Å²) in [6.07, 6.45) is 3.93. The van der Waals surface area contributed by atoms with Crippen molar-refractivity contribution in [2.24, 2.45) is 5.92 Å². The molecule has 0 aromatic heterocycles. The summed E-state index contributed by atoms with van der Waals surface area (Å²) in [6.45, 7) is 6.32. The van der Waals surface area contributed by atoms with Gasteiger partial charge in [-0.25, -0.2) is 0 Å². The molecule has 1 nitrogen and oxygen atoms in total. The van der Waals surface area contributed by atoms with E-state index in [1.54, 1.807) is 0 Å². The summed E-state index contributed by atoms with van der Waals surface area (Å²) >= 11 is 0. The molecule has 1 N–H and O–H groups in total. The minimum absolute atomic E-state index is 0.574. The average Bonchev–Trinajstić information content (AvgIpc) is 1.94. The maximum Gasteiger partial charge on any atom is 0.0955 e. The van der Waals surface area contributed by atoms with Gasteiger partial charge in [0.2, 0.25) is 0 Å². The van der Waals surface area contributed by atoms with Gasteiger partial charge in [0.1, 0.15) is 0 Å². The Morgan fingerprint density at radius 1 is 1.45 bits per heavy atom. The van der Waals surface area contributed by atoms with E-state index in [1.165, 1.54) is 5.57 Å². The normalized spacial score (nSPS) is 19.1. The molecule has 0 amide bonds. The highest BCUT2D eigenvalue weighted by atomic mass is 16.3. The van der Waals surface area contributed by atoms with Crippen molar-refractivity contribution in [2.75, 3.05) is 0 Å². The molecule has 0 unspecified atom stereocenters. The van der Waals surface area contributed by atoms with Crippen LogP contribution in [0.15, 0.2) is 23.0 Å². The molecular formula is C10H16O. The van der Waals surface area contributed by atoms with Gasteiger partial charge < -0.3 is 5.11 Å². The zero-order chi connectivity index (χ0) is 8.43. The standard InChI is InChI=1S/C10H16O/c1-7(2)9-5-4-8(3)10(11)6-9/h5,7,11H,4,6H2,1-3H3. The predicted octanol–water partition coefficient (Wildman–Crippen LogP) is 3.19. The summed E-state index contributed by atoms with van der Waals surface area (Å²) in [5.74, 6) is 1.15. The van der Waals surface area contributed by atoms with Gasteiger partial charge >= 0.3 is 0 Å². The Balaban J connectivity index is 2.67. The lowest BCUT2D eigenvalue weighted by atomic mass is 9.91. The van der Waals surface area contributed by atoms with Crippen LogP contribution in [0, 0.1) is 5.92 Å². The van der Waals surface area contributed by atoms with Gasteiger partial charge in [0.15, 0.2) is 0 Å². The molecule has 1 heteroatoms. The van der Waals surface area contributed by atoms with Crippen molar-refractivity contribution in [3.05, 3.63) is 23.0 Å². The van der Waals surface area contributed by atoms with Gasteiger partial charge in [0.05, 0.1) is 5.76 Å². The summed E-state index contributed by atoms with van der Waals surface area (Å²) in [6, 6.07) is 0. The van der Waals surface area contributed by atoms with Crippen LogP contribution in [0.4, 0.5) is 0 Å². The van der Waals surface area contributed by atoms with E-state index in [0.717, 1.165) is 18.4 Å². The van der Waals surface area contributed by atoms with Gasteiger partial charge in [0, 0.05) is 6.42 Å². The molecule has 1 rings (SSSR count). The SMILES string of the molecule is CC1=C(O)CC(C(C)C)=CC1. The Hall–Kier alpha value is -0.720. The van der Waals surface area contributed by atoms with E-state index >= 15 is 0 Å². The van der Waals surface area contributed by atoms with Crippen LogP contribution in [0.3, 0.4) is 0 Å². The van der Waals surface area contributed by atoms with Crippen LogP contribution in [0.2, 0.25) is 0 Å². The van der Waals surface area contributed by atoms with Crippen molar-refractivity contribution in [1.82, 2.24) is 0 Å². The Bertz CT molecular complexity index is 209. The molecule has 0 saturated carbocycles. The maximum absolute atomic E-state index is 9.44. The molecule has 62 valence electrons. The van der Waals surface area contributed by atoms with Crippen LogP contribution in [0.5, 0.6) is 0 Å². The molecule has 0 fully saturated rings. The van der Waals surface area contributed by atoms with Gasteiger partial charge in [-0.2, -0.15) is 0 Å². The number of allylic oxidation sites excluding steroid dienone is 3. The third-order valence-electron chi connectivity index (χ3n) is 2.28. The van der Waals surface area contributed by atoms with Crippen LogP contribution in [0.25, 0.3) is 0 Å². The lowest BCUT2D eigenvalue weighted by Gasteiger charge is -2.17. The number of hydrogen-bond donors (Lipinski definition) is 1. The van der Waals surface area contributed by atoms with Crippen molar-refractivity contribution in [3.8, 4) is 0 Å². The van der Waals surface area contributed by atoms with Gasteiger partial charge in [-0.3, -0.25) is 0 Å². The Morgan fingerprint density at radius 2 is 2.09 bits per heavy atom. The molecule has 0 bridgehead atoms. The Labute approximate surface area is 68.4 Å². The summed E-state index contributed by atoms with van der Waals surface area (Å²) in [4.78, 5) is 0. The quantitative estimate of drug-likeness (QED) is 0.572. The first-order valence-corrected chi connectivity index (χ1v) is 4.17. The molecule has 0 aliphatic heterocycles. The molecule has 0 aromatic carbocycles.